The van der Waals surface area contributed by atoms with E-state index in [-0.39, 0.29) is 17.8 Å². The van der Waals surface area contributed by atoms with Crippen LogP contribution in [0.25, 0.3) is 0 Å². The second-order valence-electron chi connectivity index (χ2n) is 8.08. The first-order valence-corrected chi connectivity index (χ1v) is 10.5. The predicted molar refractivity (Wildman–Crippen MR) is 118 cm³/mol. The van der Waals surface area contributed by atoms with Crippen LogP contribution in [-0.4, -0.2) is 71.9 Å². The molecule has 2 aliphatic rings. The highest BCUT2D eigenvalue weighted by atomic mass is 16.2. The van der Waals surface area contributed by atoms with E-state index in [1.165, 1.54) is 11.8 Å². The van der Waals surface area contributed by atoms with E-state index in [1.807, 2.05) is 18.0 Å². The van der Waals surface area contributed by atoms with Crippen LogP contribution in [0.5, 0.6) is 0 Å². The van der Waals surface area contributed by atoms with Crippen molar-refractivity contribution < 1.29 is 14.4 Å². The minimum absolute atomic E-state index is 0.0158. The Labute approximate surface area is 182 Å². The number of anilines is 2. The fraction of sp³-hybridized carbons (Fsp3) is 0.391. The van der Waals surface area contributed by atoms with E-state index in [4.69, 9.17) is 0 Å². The van der Waals surface area contributed by atoms with Gasteiger partial charge in [0.1, 0.15) is 5.82 Å². The molecule has 8 heteroatoms. The third-order valence-corrected chi connectivity index (χ3v) is 5.87. The van der Waals surface area contributed by atoms with E-state index in [1.54, 1.807) is 29.2 Å². The van der Waals surface area contributed by atoms with Crippen LogP contribution in [0.2, 0.25) is 0 Å². The van der Waals surface area contributed by atoms with Gasteiger partial charge in [-0.1, -0.05) is 6.07 Å². The summed E-state index contributed by atoms with van der Waals surface area (Å²) in [6.07, 6.45) is 1.88. The van der Waals surface area contributed by atoms with Gasteiger partial charge in [-0.25, -0.2) is 9.78 Å². The molecule has 0 atom stereocenters. The number of aryl methyl sites for hydroxylation is 2. The SMILES string of the molecule is CC(=O)N1CCN(c2ccc(C(=O)N3CCN(c4ncc(C)cc4C)CC3)cc2)C1=O. The van der Waals surface area contributed by atoms with E-state index in [0.29, 0.717) is 37.4 Å². The number of hydrogen-bond acceptors (Lipinski definition) is 5. The van der Waals surface area contributed by atoms with Crippen LogP contribution >= 0.6 is 0 Å². The predicted octanol–water partition coefficient (Wildman–Crippen LogP) is 2.45. The first-order chi connectivity index (χ1) is 14.8. The number of rotatable bonds is 3. The molecule has 0 unspecified atom stereocenters. The van der Waals surface area contributed by atoms with Gasteiger partial charge >= 0.3 is 6.03 Å². The molecular formula is C23H27N5O3. The zero-order valence-electron chi connectivity index (χ0n) is 18.2. The highest BCUT2D eigenvalue weighted by Gasteiger charge is 2.32. The fourth-order valence-corrected chi connectivity index (χ4v) is 4.20. The molecule has 0 N–H and O–H groups in total. The zero-order valence-corrected chi connectivity index (χ0v) is 18.2. The van der Waals surface area contributed by atoms with Gasteiger partial charge in [0, 0.05) is 63.6 Å². The first-order valence-electron chi connectivity index (χ1n) is 10.5. The molecule has 3 heterocycles. The smallest absolute Gasteiger partial charge is 0.331 e. The lowest BCUT2D eigenvalue weighted by Crippen LogP contribution is -2.49. The number of piperazine rings is 1. The van der Waals surface area contributed by atoms with Crippen molar-refractivity contribution in [2.24, 2.45) is 0 Å². The zero-order chi connectivity index (χ0) is 22.1. The molecule has 0 spiro atoms. The van der Waals surface area contributed by atoms with Gasteiger partial charge in [-0.3, -0.25) is 19.4 Å². The topological polar surface area (TPSA) is 77.1 Å². The Bertz CT molecular complexity index is 1010. The van der Waals surface area contributed by atoms with Crippen molar-refractivity contribution in [1.82, 2.24) is 14.8 Å². The number of hydrogen-bond donors (Lipinski definition) is 0. The number of imide groups is 1. The van der Waals surface area contributed by atoms with Gasteiger partial charge in [0.15, 0.2) is 0 Å². The van der Waals surface area contributed by atoms with Gasteiger partial charge in [-0.05, 0) is 49.2 Å². The Morgan fingerprint density at radius 3 is 2.19 bits per heavy atom. The van der Waals surface area contributed by atoms with Crippen molar-refractivity contribution in [2.75, 3.05) is 49.1 Å². The molecule has 4 rings (SSSR count). The van der Waals surface area contributed by atoms with Gasteiger partial charge in [0.2, 0.25) is 5.91 Å². The highest BCUT2D eigenvalue weighted by molar-refractivity contribution is 6.04. The maximum atomic E-state index is 13.0. The molecule has 1 aromatic heterocycles. The molecule has 8 nitrogen and oxygen atoms in total. The summed E-state index contributed by atoms with van der Waals surface area (Å²) < 4.78 is 0. The normalized spacial score (nSPS) is 16.8. The Morgan fingerprint density at radius 2 is 1.61 bits per heavy atom. The van der Waals surface area contributed by atoms with E-state index in [9.17, 15) is 14.4 Å². The van der Waals surface area contributed by atoms with E-state index >= 15 is 0 Å². The van der Waals surface area contributed by atoms with Gasteiger partial charge < -0.3 is 9.80 Å². The number of nitrogens with zero attached hydrogens (tertiary/aromatic N) is 5. The molecule has 2 aromatic rings. The van der Waals surface area contributed by atoms with E-state index in [0.717, 1.165) is 30.0 Å². The number of amides is 4. The van der Waals surface area contributed by atoms with Crippen LogP contribution in [0.15, 0.2) is 36.5 Å². The number of pyridine rings is 1. The monoisotopic (exact) mass is 421 g/mol. The lowest BCUT2D eigenvalue weighted by Gasteiger charge is -2.36. The van der Waals surface area contributed by atoms with Crippen LogP contribution < -0.4 is 9.80 Å². The summed E-state index contributed by atoms with van der Waals surface area (Å²) in [6, 6.07) is 8.85. The van der Waals surface area contributed by atoms with Gasteiger partial charge in [0.25, 0.3) is 5.91 Å². The number of aromatic nitrogens is 1. The molecule has 0 saturated carbocycles. The molecule has 0 radical (unpaired) electrons. The maximum Gasteiger partial charge on any atom is 0.331 e. The average Bonchev–Trinajstić information content (AvgIpc) is 3.15. The van der Waals surface area contributed by atoms with Gasteiger partial charge in [-0.2, -0.15) is 0 Å². The molecule has 31 heavy (non-hydrogen) atoms. The Morgan fingerprint density at radius 1 is 0.935 bits per heavy atom. The molecule has 162 valence electrons. The summed E-state index contributed by atoms with van der Waals surface area (Å²) >= 11 is 0. The maximum absolute atomic E-state index is 13.0. The molecule has 1 aromatic carbocycles. The summed E-state index contributed by atoms with van der Waals surface area (Å²) in [6.45, 7) is 9.07. The van der Waals surface area contributed by atoms with Crippen LogP contribution in [0.3, 0.4) is 0 Å². The number of benzene rings is 1. The van der Waals surface area contributed by atoms with Crippen molar-refractivity contribution in [3.05, 3.63) is 53.2 Å². The number of urea groups is 1. The third-order valence-electron chi connectivity index (χ3n) is 5.87. The van der Waals surface area contributed by atoms with Gasteiger partial charge in [-0.15, -0.1) is 0 Å². The molecule has 2 aliphatic heterocycles. The lowest BCUT2D eigenvalue weighted by molar-refractivity contribution is -0.125. The van der Waals surface area contributed by atoms with E-state index in [2.05, 4.69) is 22.9 Å². The second kappa shape index (κ2) is 8.37. The minimum atomic E-state index is -0.317. The fourth-order valence-electron chi connectivity index (χ4n) is 4.20. The van der Waals surface area contributed by atoms with Crippen LogP contribution in [0.1, 0.15) is 28.4 Å². The lowest BCUT2D eigenvalue weighted by atomic mass is 10.1. The number of carbonyl (C=O) groups is 3. The van der Waals surface area contributed by atoms with Crippen LogP contribution in [-0.2, 0) is 4.79 Å². The summed E-state index contributed by atoms with van der Waals surface area (Å²) in [5, 5.41) is 0. The third kappa shape index (κ3) is 4.10. The van der Waals surface area contributed by atoms with Crippen molar-refractivity contribution >= 4 is 29.4 Å². The van der Waals surface area contributed by atoms with Crippen molar-refractivity contribution in [3.8, 4) is 0 Å². The Balaban J connectivity index is 1.38. The highest BCUT2D eigenvalue weighted by Crippen LogP contribution is 2.23. The Hall–Kier alpha value is -3.42. The molecule has 0 bridgehead atoms. The summed E-state index contributed by atoms with van der Waals surface area (Å²) in [5.74, 6) is 0.712. The molecule has 2 fully saturated rings. The second-order valence-corrected chi connectivity index (χ2v) is 8.08. The summed E-state index contributed by atoms with van der Waals surface area (Å²) in [7, 11) is 0. The van der Waals surface area contributed by atoms with Crippen molar-refractivity contribution in [1.29, 1.82) is 0 Å². The summed E-state index contributed by atoms with van der Waals surface area (Å²) in [4.78, 5) is 48.3. The standard InChI is InChI=1S/C23H27N5O3/c1-16-14-17(2)21(24-15-16)25-8-10-26(11-9-25)22(30)19-4-6-20(7-5-19)28-13-12-27(18(3)29)23(28)31/h4-7,14-15H,8-13H2,1-3H3. The van der Waals surface area contributed by atoms with Crippen molar-refractivity contribution in [3.63, 3.8) is 0 Å². The first kappa shape index (κ1) is 20.8. The van der Waals surface area contributed by atoms with Crippen LogP contribution in [0, 0.1) is 13.8 Å². The minimum Gasteiger partial charge on any atom is -0.353 e. The molecule has 0 aliphatic carbocycles. The Kier molecular flexibility index (Phi) is 5.63. The average molecular weight is 422 g/mol. The van der Waals surface area contributed by atoms with Gasteiger partial charge in [0.05, 0.1) is 0 Å². The molecular weight excluding hydrogens is 394 g/mol. The molecule has 2 saturated heterocycles. The van der Waals surface area contributed by atoms with Crippen molar-refractivity contribution in [2.45, 2.75) is 20.8 Å². The van der Waals surface area contributed by atoms with Crippen LogP contribution in [0.4, 0.5) is 16.3 Å². The number of carbonyl (C=O) groups excluding carboxylic acids is 3. The van der Waals surface area contributed by atoms with E-state index < -0.39 is 0 Å². The quantitative estimate of drug-likeness (QED) is 0.761. The molecule has 4 amide bonds. The summed E-state index contributed by atoms with van der Waals surface area (Å²) in [5.41, 5.74) is 3.58. The largest absolute Gasteiger partial charge is 0.353 e.